The highest BCUT2D eigenvalue weighted by Crippen LogP contribution is 2.26. The lowest BCUT2D eigenvalue weighted by Gasteiger charge is -1.93. The van der Waals surface area contributed by atoms with Crippen molar-refractivity contribution < 1.29 is 0 Å². The monoisotopic (exact) mass is 271 g/mol. The minimum Gasteiger partial charge on any atom is -0.286 e. The highest BCUT2D eigenvalue weighted by atomic mass is 127. The molecule has 0 aliphatic carbocycles. The SMILES string of the molecule is Cc1c(C)n(I)c2ccccc12. The summed E-state index contributed by atoms with van der Waals surface area (Å²) >= 11 is 2.34. The lowest BCUT2D eigenvalue weighted by Crippen LogP contribution is -1.80. The number of hydrogen-bond acceptors (Lipinski definition) is 0. The van der Waals surface area contributed by atoms with E-state index >= 15 is 0 Å². The van der Waals surface area contributed by atoms with Crippen LogP contribution in [0.25, 0.3) is 10.9 Å². The summed E-state index contributed by atoms with van der Waals surface area (Å²) in [6, 6.07) is 8.50. The van der Waals surface area contributed by atoms with Gasteiger partial charge in [0.15, 0.2) is 0 Å². The van der Waals surface area contributed by atoms with Crippen molar-refractivity contribution in [3.63, 3.8) is 0 Å². The number of fused-ring (bicyclic) bond motifs is 1. The van der Waals surface area contributed by atoms with E-state index < -0.39 is 0 Å². The molecule has 62 valence electrons. The maximum absolute atomic E-state index is 2.34. The molecule has 0 amide bonds. The van der Waals surface area contributed by atoms with E-state index in [0.717, 1.165) is 0 Å². The molecule has 1 nitrogen and oxygen atoms in total. The Balaban J connectivity index is 2.99. The second-order valence-electron chi connectivity index (χ2n) is 3.01. The van der Waals surface area contributed by atoms with E-state index in [1.54, 1.807) is 0 Å². The summed E-state index contributed by atoms with van der Waals surface area (Å²) in [5.41, 5.74) is 4.05. The van der Waals surface area contributed by atoms with E-state index in [-0.39, 0.29) is 0 Å². The van der Waals surface area contributed by atoms with Crippen LogP contribution in [-0.2, 0) is 0 Å². The molecule has 0 spiro atoms. The third-order valence-corrected chi connectivity index (χ3v) is 3.60. The van der Waals surface area contributed by atoms with Crippen molar-refractivity contribution in [3.8, 4) is 0 Å². The predicted octanol–water partition coefficient (Wildman–Crippen LogP) is 3.46. The number of rotatable bonds is 0. The van der Waals surface area contributed by atoms with Gasteiger partial charge in [-0.05, 0) is 25.5 Å². The Hall–Kier alpha value is -0.510. The van der Waals surface area contributed by atoms with Gasteiger partial charge < -0.3 is 0 Å². The smallest absolute Gasteiger partial charge is 0.0643 e. The highest BCUT2D eigenvalue weighted by Gasteiger charge is 2.06. The summed E-state index contributed by atoms with van der Waals surface area (Å²) < 4.78 is 2.21. The van der Waals surface area contributed by atoms with Gasteiger partial charge in [-0.3, -0.25) is 2.78 Å². The first-order valence-electron chi connectivity index (χ1n) is 3.94. The Labute approximate surface area is 85.9 Å². The van der Waals surface area contributed by atoms with Gasteiger partial charge in [0, 0.05) is 11.1 Å². The van der Waals surface area contributed by atoms with E-state index in [0.29, 0.717) is 0 Å². The zero-order chi connectivity index (χ0) is 8.72. The molecule has 0 radical (unpaired) electrons. The van der Waals surface area contributed by atoms with Crippen molar-refractivity contribution in [1.29, 1.82) is 0 Å². The maximum Gasteiger partial charge on any atom is 0.0643 e. The molecule has 0 fully saturated rings. The van der Waals surface area contributed by atoms with E-state index in [4.69, 9.17) is 0 Å². The van der Waals surface area contributed by atoms with Crippen LogP contribution in [0.15, 0.2) is 24.3 Å². The number of hydrogen-bond donors (Lipinski definition) is 0. The molecule has 1 aromatic carbocycles. The average Bonchev–Trinajstić information content (AvgIpc) is 2.33. The number of benzene rings is 1. The Morgan fingerprint density at radius 3 is 2.50 bits per heavy atom. The van der Waals surface area contributed by atoms with Crippen LogP contribution in [0.5, 0.6) is 0 Å². The van der Waals surface area contributed by atoms with Crippen LogP contribution in [0.2, 0.25) is 0 Å². The Bertz CT molecular complexity index is 390. The van der Waals surface area contributed by atoms with Gasteiger partial charge >= 0.3 is 0 Å². The van der Waals surface area contributed by atoms with Crippen molar-refractivity contribution in [1.82, 2.24) is 2.78 Å². The van der Waals surface area contributed by atoms with E-state index in [1.807, 2.05) is 0 Å². The number of nitrogens with zero attached hydrogens (tertiary/aromatic N) is 1. The Morgan fingerprint density at radius 1 is 1.17 bits per heavy atom. The molecule has 0 bridgehead atoms. The third kappa shape index (κ3) is 0.975. The van der Waals surface area contributed by atoms with Gasteiger partial charge in [-0.2, -0.15) is 0 Å². The van der Waals surface area contributed by atoms with Crippen LogP contribution in [0.1, 0.15) is 11.3 Å². The summed E-state index contributed by atoms with van der Waals surface area (Å²) in [5.74, 6) is 0. The van der Waals surface area contributed by atoms with Crippen LogP contribution >= 0.6 is 22.9 Å². The topological polar surface area (TPSA) is 4.93 Å². The number of aromatic nitrogens is 1. The van der Waals surface area contributed by atoms with Crippen molar-refractivity contribution in [2.75, 3.05) is 0 Å². The van der Waals surface area contributed by atoms with Gasteiger partial charge in [-0.1, -0.05) is 18.2 Å². The van der Waals surface area contributed by atoms with Crippen LogP contribution in [-0.4, -0.2) is 2.78 Å². The second-order valence-corrected chi connectivity index (χ2v) is 3.97. The van der Waals surface area contributed by atoms with E-state index in [1.165, 1.54) is 22.2 Å². The number of halogens is 1. The van der Waals surface area contributed by atoms with Crippen LogP contribution in [0.4, 0.5) is 0 Å². The highest BCUT2D eigenvalue weighted by molar-refractivity contribution is 14.1. The van der Waals surface area contributed by atoms with E-state index in [2.05, 4.69) is 63.8 Å². The molecule has 1 heterocycles. The molecule has 0 N–H and O–H groups in total. The molecule has 2 aromatic rings. The standard InChI is InChI=1S/C10H10IN/c1-7-8(2)12(11)10-6-4-3-5-9(7)10/h3-6H,1-2H3. The second kappa shape index (κ2) is 2.76. The fourth-order valence-electron chi connectivity index (χ4n) is 1.48. The normalized spacial score (nSPS) is 10.9. The molecule has 0 aliphatic rings. The summed E-state index contributed by atoms with van der Waals surface area (Å²) in [6.07, 6.45) is 0. The van der Waals surface area contributed by atoms with Crippen LogP contribution in [0, 0.1) is 13.8 Å². The molecule has 0 saturated carbocycles. The molecule has 12 heavy (non-hydrogen) atoms. The van der Waals surface area contributed by atoms with Crippen LogP contribution in [0.3, 0.4) is 0 Å². The van der Waals surface area contributed by atoms with Crippen LogP contribution < -0.4 is 0 Å². The zero-order valence-electron chi connectivity index (χ0n) is 7.13. The Morgan fingerprint density at radius 2 is 1.83 bits per heavy atom. The molecule has 0 atom stereocenters. The molecular weight excluding hydrogens is 261 g/mol. The van der Waals surface area contributed by atoms with Gasteiger partial charge in [0.25, 0.3) is 0 Å². The fraction of sp³-hybridized carbons (Fsp3) is 0.200. The quantitative estimate of drug-likeness (QED) is 0.647. The van der Waals surface area contributed by atoms with Crippen molar-refractivity contribution in [2.45, 2.75) is 13.8 Å². The number of para-hydroxylation sites is 1. The molecule has 2 heteroatoms. The summed E-state index contributed by atoms with van der Waals surface area (Å²) in [6.45, 7) is 4.33. The summed E-state index contributed by atoms with van der Waals surface area (Å²) in [4.78, 5) is 0. The minimum absolute atomic E-state index is 1.31. The van der Waals surface area contributed by atoms with Gasteiger partial charge in [-0.25, -0.2) is 0 Å². The predicted molar refractivity (Wildman–Crippen MR) is 60.8 cm³/mol. The molecule has 0 unspecified atom stereocenters. The van der Waals surface area contributed by atoms with Gasteiger partial charge in [0.2, 0.25) is 0 Å². The average molecular weight is 271 g/mol. The largest absolute Gasteiger partial charge is 0.286 e. The Kier molecular flexibility index (Phi) is 1.87. The van der Waals surface area contributed by atoms with Crippen molar-refractivity contribution in [3.05, 3.63) is 35.5 Å². The van der Waals surface area contributed by atoms with Gasteiger partial charge in [-0.15, -0.1) is 0 Å². The molecule has 0 saturated heterocycles. The molecular formula is C10H10IN. The van der Waals surface area contributed by atoms with Gasteiger partial charge in [0.1, 0.15) is 0 Å². The van der Waals surface area contributed by atoms with E-state index in [9.17, 15) is 0 Å². The van der Waals surface area contributed by atoms with Crippen molar-refractivity contribution >= 4 is 33.8 Å². The molecule has 2 rings (SSSR count). The minimum atomic E-state index is 1.31. The first-order chi connectivity index (χ1) is 5.72. The molecule has 0 aliphatic heterocycles. The summed E-state index contributed by atoms with van der Waals surface area (Å²) in [5, 5.41) is 1.37. The maximum atomic E-state index is 2.34. The third-order valence-electron chi connectivity index (χ3n) is 2.36. The molecule has 1 aromatic heterocycles. The number of aryl methyl sites for hydroxylation is 1. The lowest BCUT2D eigenvalue weighted by molar-refractivity contribution is 1.23. The zero-order valence-corrected chi connectivity index (χ0v) is 9.29. The van der Waals surface area contributed by atoms with Gasteiger partial charge in [0.05, 0.1) is 28.4 Å². The first-order valence-corrected chi connectivity index (χ1v) is 4.91. The lowest BCUT2D eigenvalue weighted by atomic mass is 10.2. The van der Waals surface area contributed by atoms with Crippen molar-refractivity contribution in [2.24, 2.45) is 0 Å². The fourth-order valence-corrected chi connectivity index (χ4v) is 2.27. The summed E-state index contributed by atoms with van der Waals surface area (Å²) in [7, 11) is 0. The first kappa shape index (κ1) is 8.10.